The molecule has 34 heavy (non-hydrogen) atoms. The van der Waals surface area contributed by atoms with Gasteiger partial charge in [-0.05, 0) is 42.9 Å². The van der Waals surface area contributed by atoms with Gasteiger partial charge >= 0.3 is 0 Å². The Labute approximate surface area is 207 Å². The van der Waals surface area contributed by atoms with Gasteiger partial charge in [-0.1, -0.05) is 64.3 Å². The van der Waals surface area contributed by atoms with Gasteiger partial charge < -0.3 is 20.6 Å². The Morgan fingerprint density at radius 3 is 2.32 bits per heavy atom. The number of benzene rings is 1. The van der Waals surface area contributed by atoms with Gasteiger partial charge in [-0.2, -0.15) is 0 Å². The Morgan fingerprint density at radius 1 is 1.15 bits per heavy atom. The third-order valence-electron chi connectivity index (χ3n) is 7.48. The number of amides is 3. The summed E-state index contributed by atoms with van der Waals surface area (Å²) in [6, 6.07) is 6.49. The zero-order valence-corrected chi connectivity index (χ0v) is 21.5. The van der Waals surface area contributed by atoms with Crippen LogP contribution < -0.4 is 10.6 Å². The molecule has 1 aliphatic carbocycles. The van der Waals surface area contributed by atoms with Crippen LogP contribution in [0.25, 0.3) is 0 Å². The number of piperidine rings is 1. The van der Waals surface area contributed by atoms with Crippen molar-refractivity contribution in [2.45, 2.75) is 71.4 Å². The van der Waals surface area contributed by atoms with Crippen molar-refractivity contribution >= 4 is 29.3 Å². The van der Waals surface area contributed by atoms with Gasteiger partial charge in [-0.15, -0.1) is 0 Å². The van der Waals surface area contributed by atoms with Crippen LogP contribution in [0.4, 0.5) is 0 Å². The number of hydrogen-bond acceptors (Lipinski definition) is 4. The van der Waals surface area contributed by atoms with E-state index >= 15 is 0 Å². The average Bonchev–Trinajstić information content (AvgIpc) is 3.32. The second-order valence-corrected chi connectivity index (χ2v) is 11.2. The average molecular weight is 492 g/mol. The molecular formula is C26H38ClN3O4. The van der Waals surface area contributed by atoms with E-state index in [-0.39, 0.29) is 36.1 Å². The molecule has 188 valence electrons. The molecule has 0 radical (unpaired) electrons. The number of aliphatic hydroxyl groups is 1. The molecule has 2 aliphatic rings. The highest BCUT2D eigenvalue weighted by Gasteiger charge is 2.50. The fourth-order valence-electron chi connectivity index (χ4n) is 5.21. The number of hydrogen-bond donors (Lipinski definition) is 3. The Morgan fingerprint density at radius 2 is 1.76 bits per heavy atom. The molecule has 1 saturated carbocycles. The quantitative estimate of drug-likeness (QED) is 0.545. The predicted octanol–water partition coefficient (Wildman–Crippen LogP) is 3.23. The molecule has 7 nitrogen and oxygen atoms in total. The van der Waals surface area contributed by atoms with Gasteiger partial charge in [0.05, 0.1) is 12.1 Å². The van der Waals surface area contributed by atoms with E-state index in [2.05, 4.69) is 10.6 Å². The molecule has 1 heterocycles. The van der Waals surface area contributed by atoms with Crippen LogP contribution in [0.15, 0.2) is 24.3 Å². The minimum Gasteiger partial charge on any atom is -0.384 e. The number of carbonyl (C=O) groups is 3. The van der Waals surface area contributed by atoms with E-state index in [0.717, 1.165) is 31.2 Å². The van der Waals surface area contributed by atoms with Gasteiger partial charge in [0.15, 0.2) is 0 Å². The monoisotopic (exact) mass is 491 g/mol. The van der Waals surface area contributed by atoms with Gasteiger partial charge in [0, 0.05) is 29.4 Å². The van der Waals surface area contributed by atoms with Crippen LogP contribution in [-0.2, 0) is 20.0 Å². The molecule has 1 aromatic carbocycles. The standard InChI is InChI=1S/C26H38ClN3O4/c1-17(2)22(29-21(31)15-28-23(32)18-7-5-6-8-18)24(33)30-14-13-26(34,25(3,4)16-30)19-9-11-20(27)12-10-19/h9-12,17-18,22,34H,5-8,13-16H2,1-4H3,(H,28,32)(H,29,31). The van der Waals surface area contributed by atoms with Crippen molar-refractivity contribution in [1.29, 1.82) is 0 Å². The lowest BCUT2D eigenvalue weighted by Gasteiger charge is -2.51. The van der Waals surface area contributed by atoms with E-state index in [0.29, 0.717) is 24.5 Å². The second kappa shape index (κ2) is 10.6. The van der Waals surface area contributed by atoms with Crippen LogP contribution in [0.3, 0.4) is 0 Å². The summed E-state index contributed by atoms with van der Waals surface area (Å²) in [5, 5.41) is 17.7. The van der Waals surface area contributed by atoms with E-state index < -0.39 is 17.1 Å². The van der Waals surface area contributed by atoms with Crippen molar-refractivity contribution in [3.05, 3.63) is 34.9 Å². The first-order valence-corrected chi connectivity index (χ1v) is 12.7. The van der Waals surface area contributed by atoms with E-state index in [1.807, 2.05) is 39.8 Å². The van der Waals surface area contributed by atoms with Crippen molar-refractivity contribution < 1.29 is 19.5 Å². The molecule has 2 fully saturated rings. The Bertz CT molecular complexity index is 896. The van der Waals surface area contributed by atoms with Crippen LogP contribution in [0, 0.1) is 17.3 Å². The maximum atomic E-state index is 13.4. The maximum Gasteiger partial charge on any atom is 0.245 e. The number of rotatable bonds is 7. The second-order valence-electron chi connectivity index (χ2n) is 10.7. The van der Waals surface area contributed by atoms with E-state index in [9.17, 15) is 19.5 Å². The largest absolute Gasteiger partial charge is 0.384 e. The lowest BCUT2D eigenvalue weighted by atomic mass is 9.66. The first-order valence-electron chi connectivity index (χ1n) is 12.3. The summed E-state index contributed by atoms with van der Waals surface area (Å²) in [5.74, 6) is -0.754. The highest BCUT2D eigenvalue weighted by Crippen LogP contribution is 2.46. The molecule has 3 rings (SSSR count). The summed E-state index contributed by atoms with van der Waals surface area (Å²) in [6.07, 6.45) is 4.21. The minimum absolute atomic E-state index is 0.00898. The van der Waals surface area contributed by atoms with Crippen LogP contribution in [-0.4, -0.2) is 53.4 Å². The summed E-state index contributed by atoms with van der Waals surface area (Å²) >= 11 is 6.02. The maximum absolute atomic E-state index is 13.4. The van der Waals surface area contributed by atoms with E-state index in [4.69, 9.17) is 11.6 Å². The molecule has 0 bridgehead atoms. The normalized spacial score (nSPS) is 23.6. The number of halogens is 1. The molecule has 1 saturated heterocycles. The lowest BCUT2D eigenvalue weighted by Crippen LogP contribution is -2.61. The molecular weight excluding hydrogens is 454 g/mol. The molecule has 3 N–H and O–H groups in total. The Kier molecular flexibility index (Phi) is 8.30. The van der Waals surface area contributed by atoms with Crippen molar-refractivity contribution in [2.75, 3.05) is 19.6 Å². The first-order chi connectivity index (χ1) is 15.9. The summed E-state index contributed by atoms with van der Waals surface area (Å²) in [5.41, 5.74) is -0.939. The van der Waals surface area contributed by atoms with Crippen molar-refractivity contribution in [2.24, 2.45) is 17.3 Å². The Hall–Kier alpha value is -2.12. The van der Waals surface area contributed by atoms with E-state index in [1.54, 1.807) is 17.0 Å². The predicted molar refractivity (Wildman–Crippen MR) is 132 cm³/mol. The van der Waals surface area contributed by atoms with Crippen molar-refractivity contribution in [3.8, 4) is 0 Å². The molecule has 2 unspecified atom stereocenters. The summed E-state index contributed by atoms with van der Waals surface area (Å²) in [4.78, 5) is 39.9. The van der Waals surface area contributed by atoms with Gasteiger partial charge in [0.2, 0.25) is 17.7 Å². The summed E-state index contributed by atoms with van der Waals surface area (Å²) in [7, 11) is 0. The lowest BCUT2D eigenvalue weighted by molar-refractivity contribution is -0.156. The highest BCUT2D eigenvalue weighted by atomic mass is 35.5. The van der Waals surface area contributed by atoms with Crippen molar-refractivity contribution in [3.63, 3.8) is 0 Å². The number of nitrogens with zero attached hydrogens (tertiary/aromatic N) is 1. The third-order valence-corrected chi connectivity index (χ3v) is 7.73. The fourth-order valence-corrected chi connectivity index (χ4v) is 5.33. The smallest absolute Gasteiger partial charge is 0.245 e. The van der Waals surface area contributed by atoms with Crippen molar-refractivity contribution in [1.82, 2.24) is 15.5 Å². The topological polar surface area (TPSA) is 98.7 Å². The molecule has 2 atom stereocenters. The molecule has 1 aromatic rings. The summed E-state index contributed by atoms with van der Waals surface area (Å²) < 4.78 is 0. The summed E-state index contributed by atoms with van der Waals surface area (Å²) in [6.45, 7) is 8.26. The van der Waals surface area contributed by atoms with Gasteiger partial charge in [-0.25, -0.2) is 0 Å². The zero-order chi connectivity index (χ0) is 25.1. The molecule has 0 spiro atoms. The van der Waals surface area contributed by atoms with E-state index in [1.165, 1.54) is 0 Å². The molecule has 0 aromatic heterocycles. The SMILES string of the molecule is CC(C)C(NC(=O)CNC(=O)C1CCCC1)C(=O)N1CCC(O)(c2ccc(Cl)cc2)C(C)(C)C1. The minimum atomic E-state index is -1.10. The Balaban J connectivity index is 1.62. The van der Waals surface area contributed by atoms with Crippen LogP contribution in [0.1, 0.15) is 65.4 Å². The zero-order valence-electron chi connectivity index (χ0n) is 20.7. The van der Waals surface area contributed by atoms with Gasteiger partial charge in [0.1, 0.15) is 6.04 Å². The number of nitrogens with one attached hydrogen (secondary N) is 2. The van der Waals surface area contributed by atoms with Crippen LogP contribution in [0.2, 0.25) is 5.02 Å². The van der Waals surface area contributed by atoms with Gasteiger partial charge in [-0.3, -0.25) is 14.4 Å². The number of carbonyl (C=O) groups excluding carboxylic acids is 3. The van der Waals surface area contributed by atoms with Crippen LogP contribution in [0.5, 0.6) is 0 Å². The first kappa shape index (κ1) is 26.5. The highest BCUT2D eigenvalue weighted by molar-refractivity contribution is 6.30. The molecule has 3 amide bonds. The van der Waals surface area contributed by atoms with Gasteiger partial charge in [0.25, 0.3) is 0 Å². The molecule has 8 heteroatoms. The fraction of sp³-hybridized carbons (Fsp3) is 0.654. The van der Waals surface area contributed by atoms with Crippen LogP contribution >= 0.6 is 11.6 Å². The number of likely N-dealkylation sites (tertiary alicyclic amines) is 1. The third kappa shape index (κ3) is 5.74. The molecule has 1 aliphatic heterocycles.